The number of rotatable bonds is 6. The van der Waals surface area contributed by atoms with Gasteiger partial charge in [-0.1, -0.05) is 36.9 Å². The first kappa shape index (κ1) is 21.8. The van der Waals surface area contributed by atoms with Gasteiger partial charge in [0.1, 0.15) is 0 Å². The number of piperidine rings is 1. The number of carbonyl (C=O) groups excluding carboxylic acids is 1. The number of hydrogen-bond acceptors (Lipinski definition) is 6. The van der Waals surface area contributed by atoms with Crippen LogP contribution in [0.5, 0.6) is 0 Å². The quantitative estimate of drug-likeness (QED) is 0.618. The van der Waals surface area contributed by atoms with Crippen molar-refractivity contribution in [1.29, 1.82) is 0 Å². The van der Waals surface area contributed by atoms with Gasteiger partial charge in [0.2, 0.25) is 11.9 Å². The Morgan fingerprint density at radius 3 is 2.75 bits per heavy atom. The maximum atomic E-state index is 13.2. The van der Waals surface area contributed by atoms with Gasteiger partial charge in [-0.2, -0.15) is 0 Å². The first-order valence-electron chi connectivity index (χ1n) is 11.9. The number of nitrogens with zero attached hydrogens (tertiary/aromatic N) is 5. The third-order valence-electron chi connectivity index (χ3n) is 6.97. The highest BCUT2D eigenvalue weighted by Gasteiger charge is 2.31. The first-order valence-corrected chi connectivity index (χ1v) is 12.9. The van der Waals surface area contributed by atoms with Gasteiger partial charge in [0.15, 0.2) is 5.16 Å². The van der Waals surface area contributed by atoms with Gasteiger partial charge in [-0.05, 0) is 56.6 Å². The highest BCUT2D eigenvalue weighted by atomic mass is 32.2. The molecular weight excluding hydrogens is 422 g/mol. The van der Waals surface area contributed by atoms with Crippen molar-refractivity contribution in [2.45, 2.75) is 69.8 Å². The molecule has 0 saturated carbocycles. The van der Waals surface area contributed by atoms with Crippen molar-refractivity contribution >= 4 is 29.3 Å². The van der Waals surface area contributed by atoms with Gasteiger partial charge >= 0.3 is 0 Å². The summed E-state index contributed by atoms with van der Waals surface area (Å²) < 4.78 is 8.12. The molecule has 7 nitrogen and oxygen atoms in total. The Kier molecular flexibility index (Phi) is 6.42. The smallest absolute Gasteiger partial charge is 0.237 e. The lowest BCUT2D eigenvalue weighted by Crippen LogP contribution is -2.37. The fourth-order valence-electron chi connectivity index (χ4n) is 5.12. The fraction of sp³-hybridized carbons (Fsp3) is 0.625. The standard InChI is InChI=1S/C24H33N5O2S/c1-17-9-11-27(12-10-17)23-25-26-24(28(23)15-20-7-5-13-31-20)32-16-22(30)29-18(2)14-19-6-3-4-8-21(19)29/h3-4,6,8,17-18,20H,5,7,9-16H2,1-2H3/t18-,20-/m0/s1. The van der Waals surface area contributed by atoms with E-state index in [0.717, 1.165) is 68.2 Å². The van der Waals surface area contributed by atoms with Crippen molar-refractivity contribution in [3.05, 3.63) is 29.8 Å². The van der Waals surface area contributed by atoms with Crippen molar-refractivity contribution in [3.63, 3.8) is 0 Å². The normalized spacial score (nSPS) is 23.7. The van der Waals surface area contributed by atoms with Crippen LogP contribution in [-0.4, -0.2) is 58.3 Å². The molecular formula is C24H33N5O2S. The van der Waals surface area contributed by atoms with Crippen LogP contribution < -0.4 is 9.80 Å². The minimum Gasteiger partial charge on any atom is -0.376 e. The Hall–Kier alpha value is -2.06. The van der Waals surface area contributed by atoms with E-state index in [0.29, 0.717) is 5.75 Å². The van der Waals surface area contributed by atoms with Crippen LogP contribution in [-0.2, 0) is 22.5 Å². The zero-order valence-electron chi connectivity index (χ0n) is 19.1. The largest absolute Gasteiger partial charge is 0.376 e. The molecule has 0 unspecified atom stereocenters. The van der Waals surface area contributed by atoms with E-state index in [1.807, 2.05) is 17.0 Å². The lowest BCUT2D eigenvalue weighted by Gasteiger charge is -2.31. The number of para-hydroxylation sites is 1. The van der Waals surface area contributed by atoms with Crippen LogP contribution in [0.3, 0.4) is 0 Å². The topological polar surface area (TPSA) is 63.5 Å². The predicted octanol–water partition coefficient (Wildman–Crippen LogP) is 3.76. The maximum absolute atomic E-state index is 13.2. The molecule has 2 atom stereocenters. The van der Waals surface area contributed by atoms with E-state index in [9.17, 15) is 4.79 Å². The molecule has 3 aliphatic heterocycles. The van der Waals surface area contributed by atoms with Gasteiger partial charge in [-0.3, -0.25) is 9.36 Å². The average Bonchev–Trinajstić information content (AvgIpc) is 3.52. The molecule has 1 amide bonds. The number of fused-ring (bicyclic) bond motifs is 1. The van der Waals surface area contributed by atoms with Crippen LogP contribution in [0.4, 0.5) is 11.6 Å². The number of aromatic nitrogens is 3. The van der Waals surface area contributed by atoms with Gasteiger partial charge in [0.05, 0.1) is 18.4 Å². The number of hydrogen-bond donors (Lipinski definition) is 0. The molecule has 0 aliphatic carbocycles. The van der Waals surface area contributed by atoms with E-state index in [2.05, 4.69) is 45.6 Å². The van der Waals surface area contributed by atoms with Crippen LogP contribution in [0.15, 0.2) is 29.4 Å². The molecule has 2 aromatic rings. The molecule has 0 spiro atoms. The summed E-state index contributed by atoms with van der Waals surface area (Å²) in [5, 5.41) is 9.92. The minimum atomic E-state index is 0.132. The second kappa shape index (κ2) is 9.43. The number of ether oxygens (including phenoxy) is 1. The zero-order valence-corrected chi connectivity index (χ0v) is 19.9. The number of amides is 1. The molecule has 4 heterocycles. The Morgan fingerprint density at radius 1 is 1.16 bits per heavy atom. The highest BCUT2D eigenvalue weighted by Crippen LogP contribution is 2.33. The second-order valence-electron chi connectivity index (χ2n) is 9.43. The molecule has 0 bridgehead atoms. The van der Waals surface area contributed by atoms with Crippen molar-refractivity contribution in [2.24, 2.45) is 5.92 Å². The number of benzene rings is 1. The molecule has 3 aliphatic rings. The van der Waals surface area contributed by atoms with Gasteiger partial charge in [0, 0.05) is 31.4 Å². The van der Waals surface area contributed by atoms with E-state index < -0.39 is 0 Å². The first-order chi connectivity index (χ1) is 15.6. The summed E-state index contributed by atoms with van der Waals surface area (Å²) in [7, 11) is 0. The molecule has 1 aromatic carbocycles. The lowest BCUT2D eigenvalue weighted by atomic mass is 10.00. The van der Waals surface area contributed by atoms with Crippen LogP contribution in [0.25, 0.3) is 0 Å². The van der Waals surface area contributed by atoms with Gasteiger partial charge in [0.25, 0.3) is 0 Å². The van der Waals surface area contributed by atoms with E-state index >= 15 is 0 Å². The van der Waals surface area contributed by atoms with Crippen LogP contribution >= 0.6 is 11.8 Å². The molecule has 5 rings (SSSR count). The average molecular weight is 456 g/mol. The predicted molar refractivity (Wildman–Crippen MR) is 127 cm³/mol. The summed E-state index contributed by atoms with van der Waals surface area (Å²) in [6.45, 7) is 8.05. The monoisotopic (exact) mass is 455 g/mol. The van der Waals surface area contributed by atoms with E-state index in [1.165, 1.54) is 30.2 Å². The molecule has 172 valence electrons. The molecule has 2 fully saturated rings. The van der Waals surface area contributed by atoms with Crippen LogP contribution in [0.2, 0.25) is 0 Å². The van der Waals surface area contributed by atoms with E-state index in [1.54, 1.807) is 0 Å². The molecule has 1 aromatic heterocycles. The number of thioether (sulfide) groups is 1. The van der Waals surface area contributed by atoms with Crippen molar-refractivity contribution < 1.29 is 9.53 Å². The third-order valence-corrected chi connectivity index (χ3v) is 7.93. The van der Waals surface area contributed by atoms with E-state index in [-0.39, 0.29) is 18.1 Å². The Bertz CT molecular complexity index is 950. The SMILES string of the molecule is CC1CCN(c2nnc(SCC(=O)N3c4ccccc4C[C@@H]3C)n2C[C@@H]2CCCO2)CC1. The van der Waals surface area contributed by atoms with Crippen molar-refractivity contribution in [2.75, 3.05) is 35.2 Å². The van der Waals surface area contributed by atoms with Crippen LogP contribution in [0, 0.1) is 5.92 Å². The molecule has 32 heavy (non-hydrogen) atoms. The van der Waals surface area contributed by atoms with E-state index in [4.69, 9.17) is 4.74 Å². The van der Waals surface area contributed by atoms with Gasteiger partial charge < -0.3 is 14.5 Å². The Balaban J connectivity index is 1.32. The maximum Gasteiger partial charge on any atom is 0.237 e. The zero-order chi connectivity index (χ0) is 22.1. The molecule has 0 radical (unpaired) electrons. The number of carbonyl (C=O) groups is 1. The Morgan fingerprint density at radius 2 is 1.97 bits per heavy atom. The third kappa shape index (κ3) is 4.39. The van der Waals surface area contributed by atoms with Gasteiger partial charge in [-0.25, -0.2) is 0 Å². The minimum absolute atomic E-state index is 0.132. The summed E-state index contributed by atoms with van der Waals surface area (Å²) in [4.78, 5) is 17.5. The van der Waals surface area contributed by atoms with Gasteiger partial charge in [-0.15, -0.1) is 10.2 Å². The fourth-order valence-corrected chi connectivity index (χ4v) is 5.93. The summed E-state index contributed by atoms with van der Waals surface area (Å²) >= 11 is 1.50. The number of anilines is 2. The lowest BCUT2D eigenvalue weighted by molar-refractivity contribution is -0.116. The Labute approximate surface area is 194 Å². The van der Waals surface area contributed by atoms with Crippen LogP contribution in [0.1, 0.15) is 45.1 Å². The molecule has 0 N–H and O–H groups in total. The molecule has 8 heteroatoms. The summed E-state index contributed by atoms with van der Waals surface area (Å²) in [6.07, 6.45) is 5.66. The summed E-state index contributed by atoms with van der Waals surface area (Å²) in [5.41, 5.74) is 2.30. The molecule has 2 saturated heterocycles. The highest BCUT2D eigenvalue weighted by molar-refractivity contribution is 7.99. The summed E-state index contributed by atoms with van der Waals surface area (Å²) in [6, 6.07) is 8.42. The second-order valence-corrected chi connectivity index (χ2v) is 10.4. The van der Waals surface area contributed by atoms with Crippen molar-refractivity contribution in [1.82, 2.24) is 14.8 Å². The van der Waals surface area contributed by atoms with Crippen molar-refractivity contribution in [3.8, 4) is 0 Å². The summed E-state index contributed by atoms with van der Waals surface area (Å²) in [5.74, 6) is 2.19.